The lowest BCUT2D eigenvalue weighted by atomic mass is 9.82. The molecule has 0 aromatic heterocycles. The fourth-order valence-corrected chi connectivity index (χ4v) is 4.28. The number of piperazine rings is 1. The zero-order valence-electron chi connectivity index (χ0n) is 14.9. The largest absolute Gasteiger partial charge is 0.375 e. The highest BCUT2D eigenvalue weighted by Gasteiger charge is 2.42. The third-order valence-electron chi connectivity index (χ3n) is 6.40. The number of nitrogens with one attached hydrogen (secondary N) is 1. The number of hydrogen-bond donors (Lipinski definition) is 1. The molecule has 0 amide bonds. The van der Waals surface area contributed by atoms with Crippen LogP contribution in [0.25, 0.3) is 0 Å². The molecular formula is C18H36N2O. The number of ether oxygens (including phenoxy) is 1. The van der Waals surface area contributed by atoms with Gasteiger partial charge in [0, 0.05) is 37.3 Å². The van der Waals surface area contributed by atoms with Gasteiger partial charge in [0.05, 0.1) is 5.60 Å². The molecule has 3 nitrogen and oxygen atoms in total. The van der Waals surface area contributed by atoms with Gasteiger partial charge in [0.2, 0.25) is 0 Å². The summed E-state index contributed by atoms with van der Waals surface area (Å²) in [5, 5.41) is 3.83. The van der Waals surface area contributed by atoms with Gasteiger partial charge in [-0.1, -0.05) is 27.7 Å². The van der Waals surface area contributed by atoms with Crippen molar-refractivity contribution in [1.82, 2.24) is 10.2 Å². The van der Waals surface area contributed by atoms with Crippen molar-refractivity contribution in [3.8, 4) is 0 Å². The molecule has 0 radical (unpaired) electrons. The van der Waals surface area contributed by atoms with Crippen LogP contribution in [0.3, 0.4) is 0 Å². The molecule has 2 atom stereocenters. The van der Waals surface area contributed by atoms with Gasteiger partial charge in [-0.3, -0.25) is 4.90 Å². The molecule has 2 rings (SSSR count). The first-order valence-corrected chi connectivity index (χ1v) is 9.18. The molecule has 0 bridgehead atoms. The predicted molar refractivity (Wildman–Crippen MR) is 89.8 cm³/mol. The quantitative estimate of drug-likeness (QED) is 0.839. The lowest BCUT2D eigenvalue weighted by molar-refractivity contribution is -0.121. The summed E-state index contributed by atoms with van der Waals surface area (Å²) >= 11 is 0. The molecule has 124 valence electrons. The zero-order chi connectivity index (χ0) is 15.5. The van der Waals surface area contributed by atoms with E-state index >= 15 is 0 Å². The molecule has 0 saturated carbocycles. The molecule has 2 heterocycles. The Hall–Kier alpha value is -0.120. The lowest BCUT2D eigenvalue weighted by Crippen LogP contribution is -2.66. The van der Waals surface area contributed by atoms with E-state index in [-0.39, 0.29) is 5.60 Å². The second kappa shape index (κ2) is 6.97. The van der Waals surface area contributed by atoms with E-state index in [0.29, 0.717) is 17.6 Å². The Morgan fingerprint density at radius 2 is 1.76 bits per heavy atom. The first-order chi connectivity index (χ1) is 10.0. The van der Waals surface area contributed by atoms with Crippen molar-refractivity contribution in [2.24, 2.45) is 0 Å². The highest BCUT2D eigenvalue weighted by Crippen LogP contribution is 2.36. The van der Waals surface area contributed by atoms with Crippen LogP contribution in [0.2, 0.25) is 0 Å². The van der Waals surface area contributed by atoms with Gasteiger partial charge in [0.25, 0.3) is 0 Å². The monoisotopic (exact) mass is 296 g/mol. The summed E-state index contributed by atoms with van der Waals surface area (Å²) in [6.07, 6.45) is 7.16. The van der Waals surface area contributed by atoms with Gasteiger partial charge < -0.3 is 10.1 Å². The summed E-state index contributed by atoms with van der Waals surface area (Å²) in [5.41, 5.74) is 0.459. The van der Waals surface area contributed by atoms with Crippen LogP contribution in [0.15, 0.2) is 0 Å². The molecule has 2 aliphatic heterocycles. The third-order valence-corrected chi connectivity index (χ3v) is 6.40. The lowest BCUT2D eigenvalue weighted by Gasteiger charge is -2.52. The van der Waals surface area contributed by atoms with Crippen molar-refractivity contribution in [1.29, 1.82) is 0 Å². The second-order valence-electron chi connectivity index (χ2n) is 7.27. The molecular weight excluding hydrogens is 260 g/mol. The van der Waals surface area contributed by atoms with Gasteiger partial charge in [-0.25, -0.2) is 0 Å². The summed E-state index contributed by atoms with van der Waals surface area (Å²) in [6, 6.07) is 1.35. The average molecular weight is 296 g/mol. The summed E-state index contributed by atoms with van der Waals surface area (Å²) in [7, 11) is 0. The molecule has 2 aliphatic rings. The Morgan fingerprint density at radius 3 is 2.33 bits per heavy atom. The minimum Gasteiger partial charge on any atom is -0.375 e. The summed E-state index contributed by atoms with van der Waals surface area (Å²) < 4.78 is 6.18. The maximum Gasteiger partial charge on any atom is 0.0692 e. The Labute approximate surface area is 131 Å². The molecule has 0 aliphatic carbocycles. The minimum atomic E-state index is 0.134. The smallest absolute Gasteiger partial charge is 0.0692 e. The zero-order valence-corrected chi connectivity index (χ0v) is 14.9. The van der Waals surface area contributed by atoms with Gasteiger partial charge in [-0.2, -0.15) is 0 Å². The van der Waals surface area contributed by atoms with Crippen molar-refractivity contribution >= 4 is 0 Å². The third kappa shape index (κ3) is 3.46. The molecule has 0 aromatic carbocycles. The van der Waals surface area contributed by atoms with Gasteiger partial charge in [-0.15, -0.1) is 0 Å². The summed E-state index contributed by atoms with van der Waals surface area (Å²) in [5.74, 6) is 0. The highest BCUT2D eigenvalue weighted by atomic mass is 16.5. The molecule has 3 heteroatoms. The number of hydrogen-bond acceptors (Lipinski definition) is 3. The van der Waals surface area contributed by atoms with E-state index in [1.54, 1.807) is 0 Å². The second-order valence-corrected chi connectivity index (χ2v) is 7.27. The maximum absolute atomic E-state index is 6.18. The van der Waals surface area contributed by atoms with Crippen LogP contribution in [0, 0.1) is 0 Å². The van der Waals surface area contributed by atoms with Crippen molar-refractivity contribution in [2.75, 3.05) is 19.7 Å². The van der Waals surface area contributed by atoms with E-state index in [1.165, 1.54) is 32.2 Å². The topological polar surface area (TPSA) is 24.5 Å². The molecule has 2 fully saturated rings. The van der Waals surface area contributed by atoms with Crippen LogP contribution in [0.4, 0.5) is 0 Å². The van der Waals surface area contributed by atoms with Gasteiger partial charge in [0.1, 0.15) is 0 Å². The Kier molecular flexibility index (Phi) is 5.72. The van der Waals surface area contributed by atoms with Gasteiger partial charge in [0.15, 0.2) is 0 Å². The fourth-order valence-electron chi connectivity index (χ4n) is 4.28. The van der Waals surface area contributed by atoms with Crippen molar-refractivity contribution in [2.45, 2.75) is 96.4 Å². The van der Waals surface area contributed by atoms with E-state index in [9.17, 15) is 0 Å². The number of rotatable bonds is 5. The average Bonchev–Trinajstić information content (AvgIpc) is 2.55. The maximum atomic E-state index is 6.18. The van der Waals surface area contributed by atoms with E-state index in [0.717, 1.165) is 26.0 Å². The predicted octanol–water partition coefficient (Wildman–Crippen LogP) is 3.58. The van der Waals surface area contributed by atoms with Crippen molar-refractivity contribution < 1.29 is 4.74 Å². The van der Waals surface area contributed by atoms with Crippen LogP contribution in [-0.4, -0.2) is 47.8 Å². The van der Waals surface area contributed by atoms with Crippen LogP contribution in [-0.2, 0) is 4.74 Å². The summed E-state index contributed by atoms with van der Waals surface area (Å²) in [4.78, 5) is 2.80. The molecule has 2 unspecified atom stereocenters. The Balaban J connectivity index is 2.11. The van der Waals surface area contributed by atoms with Crippen molar-refractivity contribution in [3.63, 3.8) is 0 Å². The number of nitrogens with zero attached hydrogens (tertiary/aromatic N) is 1. The Morgan fingerprint density at radius 1 is 1.10 bits per heavy atom. The molecule has 0 aromatic rings. The molecule has 21 heavy (non-hydrogen) atoms. The van der Waals surface area contributed by atoms with E-state index in [2.05, 4.69) is 44.8 Å². The minimum absolute atomic E-state index is 0.134. The first kappa shape index (κ1) is 17.2. The van der Waals surface area contributed by atoms with Crippen LogP contribution in [0.1, 0.15) is 73.1 Å². The van der Waals surface area contributed by atoms with Crippen LogP contribution in [0.5, 0.6) is 0 Å². The van der Waals surface area contributed by atoms with Crippen molar-refractivity contribution in [3.05, 3.63) is 0 Å². The fraction of sp³-hybridized carbons (Fsp3) is 1.00. The van der Waals surface area contributed by atoms with E-state index < -0.39 is 0 Å². The van der Waals surface area contributed by atoms with Gasteiger partial charge in [-0.05, 0) is 45.4 Å². The first-order valence-electron chi connectivity index (χ1n) is 9.18. The Bertz CT molecular complexity index is 323. The van der Waals surface area contributed by atoms with E-state index in [4.69, 9.17) is 4.74 Å². The molecule has 0 spiro atoms. The standard InChI is InChI=1S/C18H36N2O/c1-6-17(7-2)14-20(15(5)13-19-17)16-10-11-21-18(8-3,9-4)12-16/h15-16,19H,6-14H2,1-5H3. The summed E-state index contributed by atoms with van der Waals surface area (Å²) in [6.45, 7) is 14.9. The molecule has 1 N–H and O–H groups in total. The highest BCUT2D eigenvalue weighted by molar-refractivity contribution is 5.00. The SMILES string of the molecule is CCC1(CC)CN(C2CCOC(CC)(CC)C2)C(C)CN1. The normalized spacial score (nSPS) is 33.0. The van der Waals surface area contributed by atoms with Gasteiger partial charge >= 0.3 is 0 Å². The van der Waals surface area contributed by atoms with Crippen LogP contribution < -0.4 is 5.32 Å². The van der Waals surface area contributed by atoms with E-state index in [1.807, 2.05) is 0 Å². The molecule has 2 saturated heterocycles. The van der Waals surface area contributed by atoms with Crippen LogP contribution >= 0.6 is 0 Å².